The van der Waals surface area contributed by atoms with Crippen molar-refractivity contribution in [2.24, 2.45) is 0 Å². The van der Waals surface area contributed by atoms with Gasteiger partial charge in [-0.15, -0.1) is 0 Å². The topological polar surface area (TPSA) is 57.6 Å². The Kier molecular flexibility index (Phi) is 5.38. The van der Waals surface area contributed by atoms with Gasteiger partial charge < -0.3 is 5.11 Å². The molecule has 1 aliphatic rings. The van der Waals surface area contributed by atoms with Crippen LogP contribution in [0.15, 0.2) is 72.3 Å². The van der Waals surface area contributed by atoms with Crippen LogP contribution in [0.25, 0.3) is 5.76 Å². The summed E-state index contributed by atoms with van der Waals surface area (Å²) in [7, 11) is 0. The molecule has 1 amide bonds. The number of hydrogen-bond donors (Lipinski definition) is 1. The molecule has 1 fully saturated rings. The summed E-state index contributed by atoms with van der Waals surface area (Å²) in [6, 6.07) is 16.4. The van der Waals surface area contributed by atoms with E-state index in [4.69, 9.17) is 11.6 Å². The largest absolute Gasteiger partial charge is 0.507 e. The maximum atomic E-state index is 13.6. The lowest BCUT2D eigenvalue weighted by molar-refractivity contribution is -0.132. The molecule has 0 saturated carbocycles. The summed E-state index contributed by atoms with van der Waals surface area (Å²) in [4.78, 5) is 27.5. The molecule has 1 saturated heterocycles. The van der Waals surface area contributed by atoms with Crippen LogP contribution in [0.2, 0.25) is 5.02 Å². The van der Waals surface area contributed by atoms with Crippen molar-refractivity contribution < 1.29 is 19.1 Å². The zero-order valence-electron chi connectivity index (χ0n) is 16.9. The predicted molar refractivity (Wildman–Crippen MR) is 119 cm³/mol. The van der Waals surface area contributed by atoms with Crippen LogP contribution >= 0.6 is 11.6 Å². The van der Waals surface area contributed by atoms with Crippen molar-refractivity contribution in [1.82, 2.24) is 0 Å². The van der Waals surface area contributed by atoms with E-state index in [2.05, 4.69) is 0 Å². The first-order valence-electron chi connectivity index (χ1n) is 9.67. The fraction of sp³-hybridized carbons (Fsp3) is 0.120. The summed E-state index contributed by atoms with van der Waals surface area (Å²) in [5.74, 6) is -2.31. The van der Waals surface area contributed by atoms with Crippen molar-refractivity contribution in [3.05, 3.63) is 105 Å². The van der Waals surface area contributed by atoms with Gasteiger partial charge in [0.25, 0.3) is 11.7 Å². The molecule has 0 aromatic heterocycles. The number of halogens is 2. The molecule has 31 heavy (non-hydrogen) atoms. The van der Waals surface area contributed by atoms with E-state index < -0.39 is 23.5 Å². The Balaban J connectivity index is 1.95. The number of ketones is 1. The lowest BCUT2D eigenvalue weighted by Gasteiger charge is -2.26. The monoisotopic (exact) mass is 435 g/mol. The standard InChI is InChI=1S/C25H19ClFNO3/c1-14-3-12-20(13-15(14)2)28-22(16-6-10-19(27)11-7-16)21(24(30)25(28)31)23(29)17-4-8-18(26)9-5-17/h3-13,22,29H,1-2H3/b23-21+. The van der Waals surface area contributed by atoms with E-state index >= 15 is 0 Å². The third-order valence-corrected chi connectivity index (χ3v) is 5.77. The van der Waals surface area contributed by atoms with Gasteiger partial charge in [-0.3, -0.25) is 14.5 Å². The Morgan fingerprint density at radius 2 is 1.58 bits per heavy atom. The normalized spacial score (nSPS) is 17.9. The number of aryl methyl sites for hydroxylation is 2. The third kappa shape index (κ3) is 3.73. The summed E-state index contributed by atoms with van der Waals surface area (Å²) < 4.78 is 13.6. The highest BCUT2D eigenvalue weighted by Crippen LogP contribution is 2.42. The molecule has 3 aromatic rings. The molecule has 4 nitrogen and oxygen atoms in total. The van der Waals surface area contributed by atoms with Crippen LogP contribution in [0.5, 0.6) is 0 Å². The Morgan fingerprint density at radius 3 is 2.19 bits per heavy atom. The molecule has 4 rings (SSSR count). The molecular formula is C25H19ClFNO3. The SMILES string of the molecule is Cc1ccc(N2C(=O)C(=O)/C(=C(/O)c3ccc(Cl)cc3)C2c2ccc(F)cc2)cc1C. The number of carbonyl (C=O) groups is 2. The van der Waals surface area contributed by atoms with Crippen molar-refractivity contribution in [3.8, 4) is 0 Å². The van der Waals surface area contributed by atoms with E-state index in [1.807, 2.05) is 26.0 Å². The highest BCUT2D eigenvalue weighted by Gasteiger charge is 2.47. The molecule has 3 aromatic carbocycles. The lowest BCUT2D eigenvalue weighted by Crippen LogP contribution is -2.29. The quantitative estimate of drug-likeness (QED) is 0.325. The number of aliphatic hydroxyl groups excluding tert-OH is 1. The van der Waals surface area contributed by atoms with Gasteiger partial charge in [0.1, 0.15) is 11.6 Å². The minimum Gasteiger partial charge on any atom is -0.507 e. The number of aliphatic hydroxyl groups is 1. The maximum Gasteiger partial charge on any atom is 0.300 e. The zero-order valence-corrected chi connectivity index (χ0v) is 17.7. The summed E-state index contributed by atoms with van der Waals surface area (Å²) in [5, 5.41) is 11.5. The van der Waals surface area contributed by atoms with Crippen LogP contribution in [-0.2, 0) is 9.59 Å². The van der Waals surface area contributed by atoms with Crippen LogP contribution in [0.1, 0.15) is 28.3 Å². The van der Waals surface area contributed by atoms with Crippen molar-refractivity contribution >= 4 is 34.7 Å². The van der Waals surface area contributed by atoms with Crippen LogP contribution in [0.4, 0.5) is 10.1 Å². The molecule has 1 unspecified atom stereocenters. The van der Waals surface area contributed by atoms with E-state index in [9.17, 15) is 19.1 Å². The molecule has 0 bridgehead atoms. The summed E-state index contributed by atoms with van der Waals surface area (Å²) in [6.45, 7) is 3.86. The second kappa shape index (κ2) is 8.00. The second-order valence-corrected chi connectivity index (χ2v) is 7.93. The van der Waals surface area contributed by atoms with Crippen molar-refractivity contribution in [2.75, 3.05) is 4.90 Å². The van der Waals surface area contributed by atoms with E-state index in [0.29, 0.717) is 21.8 Å². The summed E-state index contributed by atoms with van der Waals surface area (Å²) in [5.41, 5.74) is 3.32. The minimum absolute atomic E-state index is 0.0582. The van der Waals surface area contributed by atoms with E-state index in [-0.39, 0.29) is 11.3 Å². The average Bonchev–Trinajstić information content (AvgIpc) is 3.01. The van der Waals surface area contributed by atoms with Crippen molar-refractivity contribution in [3.63, 3.8) is 0 Å². The fourth-order valence-corrected chi connectivity index (χ4v) is 3.82. The van der Waals surface area contributed by atoms with Gasteiger partial charge in [0.2, 0.25) is 0 Å². The Bertz CT molecular complexity index is 1220. The third-order valence-electron chi connectivity index (χ3n) is 5.52. The predicted octanol–water partition coefficient (Wildman–Crippen LogP) is 5.72. The molecule has 1 aliphatic heterocycles. The molecule has 0 spiro atoms. The van der Waals surface area contributed by atoms with Crippen molar-refractivity contribution in [1.29, 1.82) is 0 Å². The number of amides is 1. The van der Waals surface area contributed by atoms with Gasteiger partial charge in [-0.1, -0.05) is 29.8 Å². The molecule has 6 heteroatoms. The number of nitrogens with zero attached hydrogens (tertiary/aromatic N) is 1. The Labute approximate surface area is 184 Å². The second-order valence-electron chi connectivity index (χ2n) is 7.50. The maximum absolute atomic E-state index is 13.6. The summed E-state index contributed by atoms with van der Waals surface area (Å²) in [6.07, 6.45) is 0. The van der Waals surface area contributed by atoms with Crippen molar-refractivity contribution in [2.45, 2.75) is 19.9 Å². The molecule has 0 radical (unpaired) electrons. The van der Waals surface area contributed by atoms with Gasteiger partial charge in [0.15, 0.2) is 0 Å². The average molecular weight is 436 g/mol. The van der Waals surface area contributed by atoms with Gasteiger partial charge in [0, 0.05) is 16.3 Å². The van der Waals surface area contributed by atoms with Gasteiger partial charge >= 0.3 is 0 Å². The van der Waals surface area contributed by atoms with E-state index in [1.165, 1.54) is 29.2 Å². The number of benzene rings is 3. The lowest BCUT2D eigenvalue weighted by atomic mass is 9.95. The van der Waals surface area contributed by atoms with E-state index in [1.54, 1.807) is 30.3 Å². The molecule has 0 aliphatic carbocycles. The van der Waals surface area contributed by atoms with E-state index in [0.717, 1.165) is 11.1 Å². The number of Topliss-reactive ketones (excluding diaryl/α,β-unsaturated/α-hetero) is 1. The van der Waals surface area contributed by atoms with Gasteiger partial charge in [-0.25, -0.2) is 4.39 Å². The number of anilines is 1. The minimum atomic E-state index is -0.904. The summed E-state index contributed by atoms with van der Waals surface area (Å²) >= 11 is 5.94. The molecule has 1 heterocycles. The Morgan fingerprint density at radius 1 is 0.935 bits per heavy atom. The number of rotatable bonds is 3. The van der Waals surface area contributed by atoms with Crippen LogP contribution in [0.3, 0.4) is 0 Å². The van der Waals surface area contributed by atoms with Gasteiger partial charge in [-0.05, 0) is 79.1 Å². The van der Waals surface area contributed by atoms with Crippen LogP contribution < -0.4 is 4.90 Å². The zero-order chi connectivity index (χ0) is 22.3. The molecular weight excluding hydrogens is 417 g/mol. The molecule has 1 N–H and O–H groups in total. The van der Waals surface area contributed by atoms with Crippen LogP contribution in [-0.4, -0.2) is 16.8 Å². The number of hydrogen-bond acceptors (Lipinski definition) is 3. The molecule has 1 atom stereocenters. The first-order chi connectivity index (χ1) is 14.8. The smallest absolute Gasteiger partial charge is 0.300 e. The highest BCUT2D eigenvalue weighted by atomic mass is 35.5. The van der Waals surface area contributed by atoms with Gasteiger partial charge in [0.05, 0.1) is 11.6 Å². The number of carbonyl (C=O) groups excluding carboxylic acids is 2. The highest BCUT2D eigenvalue weighted by molar-refractivity contribution is 6.51. The van der Waals surface area contributed by atoms with Gasteiger partial charge in [-0.2, -0.15) is 0 Å². The van der Waals surface area contributed by atoms with Crippen LogP contribution in [0, 0.1) is 19.7 Å². The Hall–Kier alpha value is -3.44. The first-order valence-corrected chi connectivity index (χ1v) is 10.1. The molecule has 156 valence electrons. The fourth-order valence-electron chi connectivity index (χ4n) is 3.70. The first kappa shape index (κ1) is 20.8.